The van der Waals surface area contributed by atoms with Gasteiger partial charge in [-0.2, -0.15) is 0 Å². The van der Waals surface area contributed by atoms with Crippen molar-refractivity contribution in [3.05, 3.63) is 17.0 Å². The summed E-state index contributed by atoms with van der Waals surface area (Å²) < 4.78 is 0. The SMILES string of the molecule is CC(C)c1c(Cl)ncnc1NCC1CCC1. The largest absolute Gasteiger partial charge is 0.369 e. The normalized spacial score (nSPS) is 16.2. The third kappa shape index (κ3) is 2.46. The summed E-state index contributed by atoms with van der Waals surface area (Å²) in [5, 5.41) is 3.97. The van der Waals surface area contributed by atoms with Crippen LogP contribution in [0.2, 0.25) is 5.15 Å². The molecule has 2 rings (SSSR count). The van der Waals surface area contributed by atoms with Gasteiger partial charge in [0, 0.05) is 12.1 Å². The van der Waals surface area contributed by atoms with Gasteiger partial charge in [-0.1, -0.05) is 31.9 Å². The lowest BCUT2D eigenvalue weighted by atomic mass is 9.85. The van der Waals surface area contributed by atoms with Gasteiger partial charge in [-0.15, -0.1) is 0 Å². The standard InChI is InChI=1S/C12H18ClN3/c1-8(2)10-11(13)15-7-16-12(10)14-6-9-4-3-5-9/h7-9H,3-6H2,1-2H3,(H,14,15,16). The Morgan fingerprint density at radius 3 is 2.75 bits per heavy atom. The summed E-state index contributed by atoms with van der Waals surface area (Å²) >= 11 is 6.10. The highest BCUT2D eigenvalue weighted by Crippen LogP contribution is 2.30. The van der Waals surface area contributed by atoms with Crippen LogP contribution in [-0.2, 0) is 0 Å². The monoisotopic (exact) mass is 239 g/mol. The lowest BCUT2D eigenvalue weighted by molar-refractivity contribution is 0.333. The highest BCUT2D eigenvalue weighted by Gasteiger charge is 2.19. The Kier molecular flexibility index (Phi) is 3.64. The highest BCUT2D eigenvalue weighted by atomic mass is 35.5. The second-order valence-corrected chi connectivity index (χ2v) is 5.12. The van der Waals surface area contributed by atoms with Crippen molar-refractivity contribution in [2.75, 3.05) is 11.9 Å². The first-order valence-electron chi connectivity index (χ1n) is 5.92. The van der Waals surface area contributed by atoms with Gasteiger partial charge in [0.2, 0.25) is 0 Å². The number of hydrogen-bond acceptors (Lipinski definition) is 3. The van der Waals surface area contributed by atoms with E-state index in [1.165, 1.54) is 25.6 Å². The Morgan fingerprint density at radius 2 is 2.19 bits per heavy atom. The minimum Gasteiger partial charge on any atom is -0.369 e. The maximum absolute atomic E-state index is 6.10. The number of nitrogens with one attached hydrogen (secondary N) is 1. The molecule has 1 heterocycles. The van der Waals surface area contributed by atoms with Crippen LogP contribution in [-0.4, -0.2) is 16.5 Å². The van der Waals surface area contributed by atoms with Gasteiger partial charge < -0.3 is 5.32 Å². The fourth-order valence-electron chi connectivity index (χ4n) is 1.96. The molecule has 1 N–H and O–H groups in total. The molecule has 1 aliphatic rings. The van der Waals surface area contributed by atoms with Crippen molar-refractivity contribution in [2.45, 2.75) is 39.0 Å². The predicted molar refractivity (Wildman–Crippen MR) is 67.0 cm³/mol. The topological polar surface area (TPSA) is 37.8 Å². The second-order valence-electron chi connectivity index (χ2n) is 4.76. The summed E-state index contributed by atoms with van der Waals surface area (Å²) in [6.07, 6.45) is 5.57. The number of nitrogens with zero attached hydrogens (tertiary/aromatic N) is 2. The lowest BCUT2D eigenvalue weighted by Crippen LogP contribution is -2.22. The summed E-state index contributed by atoms with van der Waals surface area (Å²) in [6.45, 7) is 5.23. The third-order valence-electron chi connectivity index (χ3n) is 3.20. The van der Waals surface area contributed by atoms with E-state index >= 15 is 0 Å². The number of anilines is 1. The van der Waals surface area contributed by atoms with Crippen molar-refractivity contribution in [1.82, 2.24) is 9.97 Å². The van der Waals surface area contributed by atoms with Gasteiger partial charge in [-0.25, -0.2) is 9.97 Å². The molecule has 0 atom stereocenters. The van der Waals surface area contributed by atoms with Crippen molar-refractivity contribution < 1.29 is 0 Å². The van der Waals surface area contributed by atoms with E-state index in [9.17, 15) is 0 Å². The van der Waals surface area contributed by atoms with Crippen molar-refractivity contribution in [3.63, 3.8) is 0 Å². The minimum absolute atomic E-state index is 0.345. The van der Waals surface area contributed by atoms with Crippen LogP contribution >= 0.6 is 11.6 Å². The average Bonchev–Trinajstić information content (AvgIpc) is 2.14. The Bertz CT molecular complexity index is 361. The number of halogens is 1. The number of aromatic nitrogens is 2. The molecule has 0 bridgehead atoms. The van der Waals surface area contributed by atoms with E-state index < -0.39 is 0 Å². The quantitative estimate of drug-likeness (QED) is 0.818. The van der Waals surface area contributed by atoms with Gasteiger partial charge >= 0.3 is 0 Å². The molecule has 1 aliphatic carbocycles. The van der Waals surface area contributed by atoms with Gasteiger partial charge in [0.15, 0.2) is 0 Å². The maximum atomic E-state index is 6.10. The van der Waals surface area contributed by atoms with Crippen LogP contribution in [0, 0.1) is 5.92 Å². The van der Waals surface area contributed by atoms with Crippen LogP contribution in [0.5, 0.6) is 0 Å². The smallest absolute Gasteiger partial charge is 0.138 e. The fourth-order valence-corrected chi connectivity index (χ4v) is 2.32. The molecule has 0 radical (unpaired) electrons. The first-order valence-corrected chi connectivity index (χ1v) is 6.30. The first kappa shape index (κ1) is 11.6. The Hall–Kier alpha value is -0.830. The first-order chi connectivity index (χ1) is 7.68. The summed E-state index contributed by atoms with van der Waals surface area (Å²) in [4.78, 5) is 8.32. The molecule has 1 aromatic heterocycles. The van der Waals surface area contributed by atoms with Crippen molar-refractivity contribution in [2.24, 2.45) is 5.92 Å². The maximum Gasteiger partial charge on any atom is 0.138 e. The summed E-state index contributed by atoms with van der Waals surface area (Å²) in [7, 11) is 0. The van der Waals surface area contributed by atoms with Crippen molar-refractivity contribution in [3.8, 4) is 0 Å². The molecule has 4 heteroatoms. The molecule has 3 nitrogen and oxygen atoms in total. The highest BCUT2D eigenvalue weighted by molar-refractivity contribution is 6.30. The summed E-state index contributed by atoms with van der Waals surface area (Å²) in [6, 6.07) is 0. The molecule has 16 heavy (non-hydrogen) atoms. The molecule has 1 aromatic rings. The van der Waals surface area contributed by atoms with Gasteiger partial charge in [-0.05, 0) is 24.7 Å². The Balaban J connectivity index is 2.09. The third-order valence-corrected chi connectivity index (χ3v) is 3.50. The van der Waals surface area contributed by atoms with Crippen LogP contribution < -0.4 is 5.32 Å². The number of rotatable bonds is 4. The molecule has 0 unspecified atom stereocenters. The van der Waals surface area contributed by atoms with Crippen LogP contribution in [0.25, 0.3) is 0 Å². The minimum atomic E-state index is 0.345. The Labute approximate surface area is 102 Å². The van der Waals surface area contributed by atoms with E-state index in [0.29, 0.717) is 11.1 Å². The molecular formula is C12H18ClN3. The summed E-state index contributed by atoms with van der Waals surface area (Å²) in [5.74, 6) is 2.06. The van der Waals surface area contributed by atoms with Gasteiger partial charge in [-0.3, -0.25) is 0 Å². The molecule has 0 amide bonds. The molecule has 0 spiro atoms. The van der Waals surface area contributed by atoms with E-state index in [-0.39, 0.29) is 0 Å². The van der Waals surface area contributed by atoms with Crippen LogP contribution in [0.3, 0.4) is 0 Å². The average molecular weight is 240 g/mol. The van der Waals surface area contributed by atoms with Crippen molar-refractivity contribution >= 4 is 17.4 Å². The van der Waals surface area contributed by atoms with Gasteiger partial charge in [0.1, 0.15) is 17.3 Å². The molecule has 1 saturated carbocycles. The van der Waals surface area contributed by atoms with Crippen LogP contribution in [0.1, 0.15) is 44.6 Å². The van der Waals surface area contributed by atoms with Gasteiger partial charge in [0.25, 0.3) is 0 Å². The Morgan fingerprint density at radius 1 is 1.44 bits per heavy atom. The van der Waals surface area contributed by atoms with Crippen molar-refractivity contribution in [1.29, 1.82) is 0 Å². The van der Waals surface area contributed by atoms with E-state index in [0.717, 1.165) is 23.8 Å². The zero-order valence-electron chi connectivity index (χ0n) is 9.83. The molecule has 1 fully saturated rings. The molecule has 0 aliphatic heterocycles. The molecule has 0 saturated heterocycles. The zero-order chi connectivity index (χ0) is 11.5. The lowest BCUT2D eigenvalue weighted by Gasteiger charge is -2.26. The fraction of sp³-hybridized carbons (Fsp3) is 0.667. The van der Waals surface area contributed by atoms with Gasteiger partial charge in [0.05, 0.1) is 0 Å². The predicted octanol–water partition coefficient (Wildman–Crippen LogP) is 3.47. The van der Waals surface area contributed by atoms with E-state index in [1.807, 2.05) is 0 Å². The van der Waals surface area contributed by atoms with E-state index in [2.05, 4.69) is 29.1 Å². The van der Waals surface area contributed by atoms with E-state index in [4.69, 9.17) is 11.6 Å². The molecular weight excluding hydrogens is 222 g/mol. The molecule has 88 valence electrons. The molecule has 0 aromatic carbocycles. The second kappa shape index (κ2) is 5.00. The van der Waals surface area contributed by atoms with E-state index in [1.54, 1.807) is 0 Å². The zero-order valence-corrected chi connectivity index (χ0v) is 10.6. The van der Waals surface area contributed by atoms with Crippen LogP contribution in [0.4, 0.5) is 5.82 Å². The van der Waals surface area contributed by atoms with Crippen LogP contribution in [0.15, 0.2) is 6.33 Å². The number of hydrogen-bond donors (Lipinski definition) is 1. The summed E-state index contributed by atoms with van der Waals surface area (Å²) in [5.41, 5.74) is 1.03.